The number of nitrogens with one attached hydrogen (secondary N) is 3. The topological polar surface area (TPSA) is 109 Å². The van der Waals surface area contributed by atoms with E-state index < -0.39 is 11.8 Å². The van der Waals surface area contributed by atoms with Gasteiger partial charge in [-0.1, -0.05) is 72.0 Å². The number of hydrogen-bond donors (Lipinski definition) is 3. The molecule has 0 aliphatic heterocycles. The monoisotopic (exact) mass is 658 g/mol. The largest absolute Gasteiger partial charge is 0.494 e. The average Bonchev–Trinajstić information content (AvgIpc) is 3.49. The molecule has 0 atom stereocenters. The van der Waals surface area contributed by atoms with E-state index in [1.54, 1.807) is 42.5 Å². The lowest BCUT2D eigenvalue weighted by molar-refractivity contribution is -0.114. The van der Waals surface area contributed by atoms with Crippen molar-refractivity contribution in [3.63, 3.8) is 0 Å². The van der Waals surface area contributed by atoms with E-state index in [4.69, 9.17) is 4.74 Å². The van der Waals surface area contributed by atoms with Gasteiger partial charge < -0.3 is 20.7 Å². The maximum Gasteiger partial charge on any atom is 0.272 e. The third kappa shape index (κ3) is 8.04. The minimum atomic E-state index is -0.466. The molecule has 234 valence electrons. The summed E-state index contributed by atoms with van der Waals surface area (Å²) in [6, 6.07) is 35.3. The van der Waals surface area contributed by atoms with Crippen LogP contribution in [0, 0.1) is 0 Å². The standard InChI is InChI=1S/C37H30N4O4S2/c1-2-45-28-17-20-31-33(22-28)47-37(40-31)41-34(42)23-46-29-18-15-27(16-19-29)38-36(44)32(39-35(43)25-10-4-3-5-11-25)21-26-13-8-12-24-9-6-7-14-30(24)26/h3-22H,2,23H2,1H3,(H,38,44)(H,39,43)(H,40,41,42)/b32-21-. The summed E-state index contributed by atoms with van der Waals surface area (Å²) < 4.78 is 6.48. The lowest BCUT2D eigenvalue weighted by atomic mass is 10.0. The summed E-state index contributed by atoms with van der Waals surface area (Å²) in [5.41, 5.74) is 2.69. The summed E-state index contributed by atoms with van der Waals surface area (Å²) in [4.78, 5) is 44.6. The smallest absolute Gasteiger partial charge is 0.272 e. The molecule has 47 heavy (non-hydrogen) atoms. The van der Waals surface area contributed by atoms with Crippen molar-refractivity contribution in [2.24, 2.45) is 0 Å². The molecule has 8 nitrogen and oxygen atoms in total. The minimum Gasteiger partial charge on any atom is -0.494 e. The summed E-state index contributed by atoms with van der Waals surface area (Å²) >= 11 is 2.77. The molecule has 10 heteroatoms. The van der Waals surface area contributed by atoms with Crippen molar-refractivity contribution in [1.82, 2.24) is 10.3 Å². The molecule has 0 saturated carbocycles. The molecule has 0 spiro atoms. The van der Waals surface area contributed by atoms with Crippen LogP contribution >= 0.6 is 23.1 Å². The van der Waals surface area contributed by atoms with Gasteiger partial charge in [-0.15, -0.1) is 11.8 Å². The van der Waals surface area contributed by atoms with Crippen molar-refractivity contribution in [3.8, 4) is 5.75 Å². The fraction of sp³-hybridized carbons (Fsp3) is 0.0811. The highest BCUT2D eigenvalue weighted by Gasteiger charge is 2.16. The molecule has 0 aliphatic rings. The van der Waals surface area contributed by atoms with E-state index in [0.29, 0.717) is 23.0 Å². The number of anilines is 2. The first kappa shape index (κ1) is 31.5. The highest BCUT2D eigenvalue weighted by Crippen LogP contribution is 2.30. The second-order valence-corrected chi connectivity index (χ2v) is 12.4. The lowest BCUT2D eigenvalue weighted by Gasteiger charge is -2.12. The number of thioether (sulfide) groups is 1. The number of ether oxygens (including phenoxy) is 1. The molecule has 0 saturated heterocycles. The average molecular weight is 659 g/mol. The number of carbonyl (C=O) groups excluding carboxylic acids is 3. The first-order valence-electron chi connectivity index (χ1n) is 14.9. The van der Waals surface area contributed by atoms with Crippen LogP contribution in [0.5, 0.6) is 5.75 Å². The van der Waals surface area contributed by atoms with Crippen LogP contribution < -0.4 is 20.7 Å². The molecule has 0 radical (unpaired) electrons. The van der Waals surface area contributed by atoms with Crippen molar-refractivity contribution < 1.29 is 19.1 Å². The Hall–Kier alpha value is -5.45. The van der Waals surface area contributed by atoms with Gasteiger partial charge in [0.05, 0.1) is 22.6 Å². The second-order valence-electron chi connectivity index (χ2n) is 10.3. The summed E-state index contributed by atoms with van der Waals surface area (Å²) in [6.07, 6.45) is 1.69. The predicted molar refractivity (Wildman–Crippen MR) is 191 cm³/mol. The molecule has 6 rings (SSSR count). The van der Waals surface area contributed by atoms with Crippen molar-refractivity contribution >= 4 is 78.7 Å². The maximum atomic E-state index is 13.5. The Kier molecular flexibility index (Phi) is 9.90. The zero-order chi connectivity index (χ0) is 32.6. The zero-order valence-corrected chi connectivity index (χ0v) is 27.0. The van der Waals surface area contributed by atoms with Gasteiger partial charge in [0.1, 0.15) is 11.4 Å². The van der Waals surface area contributed by atoms with Gasteiger partial charge in [-0.3, -0.25) is 14.4 Å². The number of benzene rings is 5. The number of thiazole rings is 1. The molecule has 0 fully saturated rings. The zero-order valence-electron chi connectivity index (χ0n) is 25.4. The highest BCUT2D eigenvalue weighted by atomic mass is 32.2. The van der Waals surface area contributed by atoms with Crippen LogP contribution in [0.3, 0.4) is 0 Å². The Morgan fingerprint density at radius 3 is 2.43 bits per heavy atom. The Morgan fingerprint density at radius 2 is 1.62 bits per heavy atom. The quantitative estimate of drug-likeness (QED) is 0.0962. The van der Waals surface area contributed by atoms with Gasteiger partial charge >= 0.3 is 0 Å². The Morgan fingerprint density at radius 1 is 0.851 bits per heavy atom. The molecule has 3 N–H and O–H groups in total. The van der Waals surface area contributed by atoms with Crippen LogP contribution in [-0.2, 0) is 9.59 Å². The summed E-state index contributed by atoms with van der Waals surface area (Å²) in [5.74, 6) is -0.0703. The third-order valence-electron chi connectivity index (χ3n) is 7.05. The number of aromatic nitrogens is 1. The molecule has 1 heterocycles. The van der Waals surface area contributed by atoms with Crippen LogP contribution in [-0.4, -0.2) is 35.1 Å². The van der Waals surface area contributed by atoms with E-state index >= 15 is 0 Å². The lowest BCUT2D eigenvalue weighted by Crippen LogP contribution is -2.30. The molecule has 0 bridgehead atoms. The molecule has 5 aromatic carbocycles. The van der Waals surface area contributed by atoms with Gasteiger partial charge in [0.25, 0.3) is 11.8 Å². The normalized spacial score (nSPS) is 11.3. The van der Waals surface area contributed by atoms with Gasteiger partial charge in [-0.2, -0.15) is 0 Å². The van der Waals surface area contributed by atoms with E-state index in [1.807, 2.05) is 85.8 Å². The Labute approximate surface area is 279 Å². The fourth-order valence-electron chi connectivity index (χ4n) is 4.83. The number of nitrogens with zero attached hydrogens (tertiary/aromatic N) is 1. The number of hydrogen-bond acceptors (Lipinski definition) is 7. The van der Waals surface area contributed by atoms with Crippen molar-refractivity contribution in [3.05, 3.63) is 132 Å². The first-order chi connectivity index (χ1) is 22.9. The minimum absolute atomic E-state index is 0.106. The molecular formula is C37H30N4O4S2. The predicted octanol–water partition coefficient (Wildman–Crippen LogP) is 7.99. The number of rotatable bonds is 11. The van der Waals surface area contributed by atoms with Gasteiger partial charge in [0, 0.05) is 16.1 Å². The van der Waals surface area contributed by atoms with Crippen LogP contribution in [0.15, 0.2) is 126 Å². The van der Waals surface area contributed by atoms with Crippen molar-refractivity contribution in [2.75, 3.05) is 23.0 Å². The molecule has 1 aromatic heterocycles. The van der Waals surface area contributed by atoms with Crippen molar-refractivity contribution in [2.45, 2.75) is 11.8 Å². The molecule has 6 aromatic rings. The molecule has 0 aliphatic carbocycles. The third-order valence-corrected chi connectivity index (χ3v) is 9.00. The van der Waals surface area contributed by atoms with E-state index in [2.05, 4.69) is 20.9 Å². The summed E-state index contributed by atoms with van der Waals surface area (Å²) in [6.45, 7) is 2.51. The van der Waals surface area contributed by atoms with Crippen LogP contribution in [0.4, 0.5) is 10.8 Å². The maximum absolute atomic E-state index is 13.5. The van der Waals surface area contributed by atoms with E-state index in [1.165, 1.54) is 23.1 Å². The SMILES string of the molecule is CCOc1ccc2nc(NC(=O)CSc3ccc(NC(=O)/C(=C/c4cccc5ccccc45)NC(=O)c4ccccc4)cc3)sc2c1. The number of fused-ring (bicyclic) bond motifs is 2. The Bertz CT molecular complexity index is 2090. The number of carbonyl (C=O) groups is 3. The molecular weight excluding hydrogens is 629 g/mol. The highest BCUT2D eigenvalue weighted by molar-refractivity contribution is 8.00. The van der Waals surface area contributed by atoms with Gasteiger partial charge in [0.15, 0.2) is 5.13 Å². The van der Waals surface area contributed by atoms with E-state index in [-0.39, 0.29) is 17.4 Å². The van der Waals surface area contributed by atoms with Crippen molar-refractivity contribution in [1.29, 1.82) is 0 Å². The Balaban J connectivity index is 1.11. The number of amides is 3. The van der Waals surface area contributed by atoms with E-state index in [0.717, 1.165) is 37.2 Å². The van der Waals surface area contributed by atoms with Gasteiger partial charge in [0.2, 0.25) is 5.91 Å². The molecule has 3 amide bonds. The summed E-state index contributed by atoms with van der Waals surface area (Å²) in [7, 11) is 0. The first-order valence-corrected chi connectivity index (χ1v) is 16.7. The molecule has 0 unspecified atom stereocenters. The van der Waals surface area contributed by atoms with Gasteiger partial charge in [-0.25, -0.2) is 4.98 Å². The van der Waals surface area contributed by atoms with Crippen LogP contribution in [0.25, 0.3) is 27.1 Å². The van der Waals surface area contributed by atoms with E-state index in [9.17, 15) is 14.4 Å². The van der Waals surface area contributed by atoms with Gasteiger partial charge in [-0.05, 0) is 83.9 Å². The second kappa shape index (κ2) is 14.8. The fourth-order valence-corrected chi connectivity index (χ4v) is 6.44. The summed E-state index contributed by atoms with van der Waals surface area (Å²) in [5, 5.41) is 11.1. The van der Waals surface area contributed by atoms with Crippen LogP contribution in [0.2, 0.25) is 0 Å². The van der Waals surface area contributed by atoms with Crippen LogP contribution in [0.1, 0.15) is 22.8 Å².